The Bertz CT molecular complexity index is 696. The molecule has 0 spiro atoms. The Kier molecular flexibility index (Phi) is 4.79. The summed E-state index contributed by atoms with van der Waals surface area (Å²) in [6.45, 7) is 2.82. The third-order valence-corrected chi connectivity index (χ3v) is 5.80. The van der Waals surface area contributed by atoms with E-state index in [1.165, 1.54) is 16.9 Å². The van der Waals surface area contributed by atoms with Gasteiger partial charge < -0.3 is 11.1 Å². The zero-order chi connectivity index (χ0) is 16.4. The molecular formula is C16H19N3O2S2. The molecule has 1 aliphatic rings. The minimum absolute atomic E-state index is 0.0999. The van der Waals surface area contributed by atoms with Crippen molar-refractivity contribution in [1.82, 2.24) is 4.90 Å². The average molecular weight is 349 g/mol. The van der Waals surface area contributed by atoms with Crippen molar-refractivity contribution in [3.05, 3.63) is 39.4 Å². The summed E-state index contributed by atoms with van der Waals surface area (Å²) in [5, 5.41) is 9.36. The van der Waals surface area contributed by atoms with E-state index in [-0.39, 0.29) is 11.9 Å². The molecule has 1 saturated heterocycles. The van der Waals surface area contributed by atoms with Crippen molar-refractivity contribution in [3.8, 4) is 0 Å². The first-order chi connectivity index (χ1) is 11.1. The highest BCUT2D eigenvalue weighted by Gasteiger charge is 2.33. The molecule has 23 heavy (non-hydrogen) atoms. The molecule has 3 N–H and O–H groups in total. The lowest BCUT2D eigenvalue weighted by Crippen LogP contribution is -2.41. The van der Waals surface area contributed by atoms with Gasteiger partial charge in [-0.25, -0.2) is 0 Å². The first-order valence-electron chi connectivity index (χ1n) is 7.54. The maximum atomic E-state index is 12.6. The maximum Gasteiger partial charge on any atom is 0.251 e. The van der Waals surface area contributed by atoms with Crippen molar-refractivity contribution in [1.29, 1.82) is 0 Å². The van der Waals surface area contributed by atoms with Gasteiger partial charge in [0.15, 0.2) is 0 Å². The summed E-state index contributed by atoms with van der Waals surface area (Å²) >= 11 is 3.00. The van der Waals surface area contributed by atoms with E-state index in [9.17, 15) is 9.59 Å². The third-order valence-electron chi connectivity index (χ3n) is 4.27. The van der Waals surface area contributed by atoms with E-state index < -0.39 is 5.91 Å². The minimum atomic E-state index is -0.522. The second kappa shape index (κ2) is 6.82. The number of nitrogens with one attached hydrogen (secondary N) is 1. The number of carbonyl (C=O) groups is 2. The Morgan fingerprint density at radius 1 is 1.39 bits per heavy atom. The van der Waals surface area contributed by atoms with Crippen LogP contribution in [0.15, 0.2) is 28.3 Å². The van der Waals surface area contributed by atoms with Crippen LogP contribution in [0.1, 0.15) is 41.7 Å². The number of nitrogens with two attached hydrogens (primary N) is 1. The smallest absolute Gasteiger partial charge is 0.251 e. The number of thiophene rings is 2. The molecule has 1 aliphatic heterocycles. The van der Waals surface area contributed by atoms with Crippen LogP contribution in [0, 0.1) is 0 Å². The van der Waals surface area contributed by atoms with E-state index in [1.807, 2.05) is 6.92 Å². The van der Waals surface area contributed by atoms with Gasteiger partial charge in [-0.15, -0.1) is 11.3 Å². The largest absolute Gasteiger partial charge is 0.366 e. The van der Waals surface area contributed by atoms with Crippen molar-refractivity contribution in [3.63, 3.8) is 0 Å². The predicted molar refractivity (Wildman–Crippen MR) is 93.9 cm³/mol. The van der Waals surface area contributed by atoms with E-state index in [0.717, 1.165) is 19.4 Å². The lowest BCUT2D eigenvalue weighted by Gasteiger charge is -2.29. The summed E-state index contributed by atoms with van der Waals surface area (Å²) < 4.78 is 0. The fraction of sp³-hybridized carbons (Fsp3) is 0.375. The number of likely N-dealkylation sites (tertiary alicyclic amines) is 1. The molecule has 2 atom stereocenters. The van der Waals surface area contributed by atoms with E-state index in [1.54, 1.807) is 22.8 Å². The van der Waals surface area contributed by atoms with Crippen molar-refractivity contribution in [2.24, 2.45) is 5.73 Å². The van der Waals surface area contributed by atoms with Crippen LogP contribution in [0.4, 0.5) is 5.00 Å². The van der Waals surface area contributed by atoms with Crippen LogP contribution in [-0.2, 0) is 4.79 Å². The molecule has 0 aliphatic carbocycles. The van der Waals surface area contributed by atoms with Gasteiger partial charge in [-0.2, -0.15) is 11.3 Å². The first kappa shape index (κ1) is 16.2. The molecule has 0 aromatic carbocycles. The van der Waals surface area contributed by atoms with Gasteiger partial charge >= 0.3 is 0 Å². The molecule has 0 bridgehead atoms. The third kappa shape index (κ3) is 3.31. The van der Waals surface area contributed by atoms with Gasteiger partial charge in [0.25, 0.3) is 5.91 Å². The van der Waals surface area contributed by atoms with Gasteiger partial charge in [-0.1, -0.05) is 0 Å². The Labute approximate surface area is 143 Å². The molecule has 5 nitrogen and oxygen atoms in total. The standard InChI is InChI=1S/C16H19N3O2S2/c1-10(15(21)18-16-12(14(17)20)5-8-23-16)19-6-2-3-13(19)11-4-7-22-9-11/h4-5,7-10,13H,2-3,6H2,1H3,(H2,17,20)(H,18,21). The fourth-order valence-corrected chi connectivity index (χ4v) is 4.54. The number of carbonyl (C=O) groups excluding carboxylic acids is 2. The fourth-order valence-electron chi connectivity index (χ4n) is 3.04. The molecule has 3 rings (SSSR count). The van der Waals surface area contributed by atoms with Crippen LogP contribution in [0.5, 0.6) is 0 Å². The van der Waals surface area contributed by atoms with E-state index in [2.05, 4.69) is 27.0 Å². The van der Waals surface area contributed by atoms with Gasteiger partial charge in [-0.05, 0) is 60.1 Å². The molecule has 0 radical (unpaired) electrons. The second-order valence-corrected chi connectivity index (χ2v) is 7.34. The first-order valence-corrected chi connectivity index (χ1v) is 9.36. The monoisotopic (exact) mass is 349 g/mol. The zero-order valence-corrected chi connectivity index (χ0v) is 14.5. The number of amides is 2. The van der Waals surface area contributed by atoms with Crippen molar-refractivity contribution >= 4 is 39.5 Å². The number of rotatable bonds is 5. The van der Waals surface area contributed by atoms with Gasteiger partial charge in [0.1, 0.15) is 5.00 Å². The van der Waals surface area contributed by atoms with Crippen molar-refractivity contribution in [2.75, 3.05) is 11.9 Å². The van der Waals surface area contributed by atoms with Crippen LogP contribution in [-0.4, -0.2) is 29.3 Å². The Hall–Kier alpha value is -1.70. The molecule has 2 amide bonds. The average Bonchev–Trinajstić information content (AvgIpc) is 3.26. The lowest BCUT2D eigenvalue weighted by atomic mass is 10.1. The number of anilines is 1. The predicted octanol–water partition coefficient (Wildman–Crippen LogP) is 3.07. The van der Waals surface area contributed by atoms with Crippen LogP contribution in [0.3, 0.4) is 0 Å². The van der Waals surface area contributed by atoms with Crippen molar-refractivity contribution in [2.45, 2.75) is 31.8 Å². The normalized spacial score (nSPS) is 19.6. The van der Waals surface area contributed by atoms with Gasteiger partial charge in [0.05, 0.1) is 11.6 Å². The zero-order valence-electron chi connectivity index (χ0n) is 12.8. The molecule has 2 unspecified atom stereocenters. The van der Waals surface area contributed by atoms with Crippen LogP contribution >= 0.6 is 22.7 Å². The molecule has 3 heterocycles. The van der Waals surface area contributed by atoms with Crippen LogP contribution in [0.2, 0.25) is 0 Å². The number of hydrogen-bond donors (Lipinski definition) is 2. The minimum Gasteiger partial charge on any atom is -0.366 e. The van der Waals surface area contributed by atoms with Crippen LogP contribution < -0.4 is 11.1 Å². The lowest BCUT2D eigenvalue weighted by molar-refractivity contribution is -0.121. The molecule has 1 fully saturated rings. The van der Waals surface area contributed by atoms with Gasteiger partial charge in [0.2, 0.25) is 5.91 Å². The molecular weight excluding hydrogens is 330 g/mol. The molecule has 122 valence electrons. The topological polar surface area (TPSA) is 75.4 Å². The molecule has 0 saturated carbocycles. The summed E-state index contributed by atoms with van der Waals surface area (Å²) in [4.78, 5) is 26.2. The summed E-state index contributed by atoms with van der Waals surface area (Å²) in [5.41, 5.74) is 6.97. The number of nitrogens with zero attached hydrogens (tertiary/aromatic N) is 1. The highest BCUT2D eigenvalue weighted by molar-refractivity contribution is 7.14. The highest BCUT2D eigenvalue weighted by Crippen LogP contribution is 2.35. The summed E-state index contributed by atoms with van der Waals surface area (Å²) in [5.74, 6) is -0.622. The van der Waals surface area contributed by atoms with Crippen molar-refractivity contribution < 1.29 is 9.59 Å². The van der Waals surface area contributed by atoms with E-state index in [0.29, 0.717) is 16.6 Å². The molecule has 2 aromatic heterocycles. The van der Waals surface area contributed by atoms with E-state index in [4.69, 9.17) is 5.73 Å². The maximum absolute atomic E-state index is 12.6. The van der Waals surface area contributed by atoms with Gasteiger partial charge in [0, 0.05) is 6.04 Å². The number of primary amides is 1. The summed E-state index contributed by atoms with van der Waals surface area (Å²) in [7, 11) is 0. The summed E-state index contributed by atoms with van der Waals surface area (Å²) in [6.07, 6.45) is 2.16. The molecule has 7 heteroatoms. The molecule has 2 aromatic rings. The van der Waals surface area contributed by atoms with Gasteiger partial charge in [-0.3, -0.25) is 14.5 Å². The highest BCUT2D eigenvalue weighted by atomic mass is 32.1. The summed E-state index contributed by atoms with van der Waals surface area (Å²) in [6, 6.07) is 3.80. The number of hydrogen-bond acceptors (Lipinski definition) is 5. The van der Waals surface area contributed by atoms with E-state index >= 15 is 0 Å². The SMILES string of the molecule is CC(C(=O)Nc1sccc1C(N)=O)N1CCCC1c1ccsc1. The Morgan fingerprint density at radius 3 is 2.91 bits per heavy atom. The second-order valence-electron chi connectivity index (χ2n) is 5.65. The quantitative estimate of drug-likeness (QED) is 0.871. The van der Waals surface area contributed by atoms with Crippen LogP contribution in [0.25, 0.3) is 0 Å². The Balaban J connectivity index is 1.72. The Morgan fingerprint density at radius 2 is 2.22 bits per heavy atom.